The maximum Gasteiger partial charge on any atom is 0.310 e. The van der Waals surface area contributed by atoms with Gasteiger partial charge in [-0.3, -0.25) is 24.0 Å². The van der Waals surface area contributed by atoms with Gasteiger partial charge < -0.3 is 30.3 Å². The number of ether oxygens (including phenoxy) is 1. The van der Waals surface area contributed by atoms with Crippen LogP contribution in [0.4, 0.5) is 0 Å². The predicted molar refractivity (Wildman–Crippen MR) is 141 cm³/mol. The predicted octanol–water partition coefficient (Wildman–Crippen LogP) is 0.607. The van der Waals surface area contributed by atoms with Gasteiger partial charge in [-0.2, -0.15) is 0 Å². The summed E-state index contributed by atoms with van der Waals surface area (Å²) in [6.45, 7) is 0.0725. The molecule has 208 valence electrons. The largest absolute Gasteiger partial charge is 0.434 e. The summed E-state index contributed by atoms with van der Waals surface area (Å²) < 4.78 is 4.75. The number of carbonyl (C=O) groups is 5. The standard InChI is InChI=1S/C29H30N4O7/c34-24-15-22(29(39)40-24)31-26(36)23-17-32(27(37)19-11-5-2-6-12-19)16-20-13-7-8-14-21(28(38)33(20)23)30-25(35)18-9-3-1-4-10-18/h1-12,20-23,29,39H,13-17H2,(H,30,35)(H,31,36)/b8-7-/t20-,21-,22?,23-,29?/m0/s1. The minimum atomic E-state index is -1.51. The molecule has 0 saturated carbocycles. The van der Waals surface area contributed by atoms with Crippen molar-refractivity contribution < 1.29 is 33.8 Å². The first kappa shape index (κ1) is 27.1. The second-order valence-electron chi connectivity index (χ2n) is 10.0. The number of esters is 1. The molecule has 40 heavy (non-hydrogen) atoms. The van der Waals surface area contributed by atoms with Crippen molar-refractivity contribution in [2.75, 3.05) is 13.1 Å². The molecule has 11 nitrogen and oxygen atoms in total. The van der Waals surface area contributed by atoms with Crippen molar-refractivity contribution in [2.24, 2.45) is 0 Å². The van der Waals surface area contributed by atoms with Gasteiger partial charge in [0.05, 0.1) is 19.0 Å². The van der Waals surface area contributed by atoms with Crippen LogP contribution in [0.25, 0.3) is 0 Å². The van der Waals surface area contributed by atoms with E-state index in [1.807, 2.05) is 12.2 Å². The zero-order valence-corrected chi connectivity index (χ0v) is 21.6. The summed E-state index contributed by atoms with van der Waals surface area (Å²) in [4.78, 5) is 68.5. The van der Waals surface area contributed by atoms with Crippen LogP contribution < -0.4 is 10.6 Å². The highest BCUT2D eigenvalue weighted by molar-refractivity contribution is 5.99. The summed E-state index contributed by atoms with van der Waals surface area (Å²) in [5.41, 5.74) is 0.839. The number of nitrogens with one attached hydrogen (secondary N) is 2. The van der Waals surface area contributed by atoms with Crippen LogP contribution in [0.3, 0.4) is 0 Å². The van der Waals surface area contributed by atoms with Crippen molar-refractivity contribution >= 4 is 29.6 Å². The first-order valence-corrected chi connectivity index (χ1v) is 13.2. The van der Waals surface area contributed by atoms with Crippen LogP contribution in [0.15, 0.2) is 72.8 Å². The van der Waals surface area contributed by atoms with Crippen LogP contribution in [0.2, 0.25) is 0 Å². The summed E-state index contributed by atoms with van der Waals surface area (Å²) in [6, 6.07) is 13.5. The van der Waals surface area contributed by atoms with Crippen LogP contribution in [0, 0.1) is 0 Å². The second-order valence-corrected chi connectivity index (χ2v) is 10.0. The molecule has 0 aromatic heterocycles. The van der Waals surface area contributed by atoms with Crippen molar-refractivity contribution in [1.82, 2.24) is 20.4 Å². The average Bonchev–Trinajstić information content (AvgIpc) is 3.29. The number of piperazine rings is 1. The van der Waals surface area contributed by atoms with E-state index >= 15 is 0 Å². The molecule has 2 fully saturated rings. The molecule has 11 heteroatoms. The molecular weight excluding hydrogens is 516 g/mol. The van der Waals surface area contributed by atoms with Gasteiger partial charge in [0.2, 0.25) is 18.1 Å². The minimum absolute atomic E-state index is 0.109. The Kier molecular flexibility index (Phi) is 7.92. The molecule has 0 radical (unpaired) electrons. The van der Waals surface area contributed by atoms with Gasteiger partial charge in [0, 0.05) is 17.7 Å². The van der Waals surface area contributed by atoms with Crippen molar-refractivity contribution in [3.05, 3.63) is 83.9 Å². The van der Waals surface area contributed by atoms with Gasteiger partial charge in [0.15, 0.2) is 0 Å². The van der Waals surface area contributed by atoms with Gasteiger partial charge in [-0.05, 0) is 37.1 Å². The number of hydrogen-bond acceptors (Lipinski definition) is 7. The Labute approximate surface area is 230 Å². The molecule has 3 heterocycles. The fraction of sp³-hybridized carbons (Fsp3) is 0.345. The van der Waals surface area contributed by atoms with Gasteiger partial charge >= 0.3 is 5.97 Å². The number of cyclic esters (lactones) is 1. The molecule has 2 aromatic rings. The molecule has 5 atom stereocenters. The Morgan fingerprint density at radius 3 is 2.15 bits per heavy atom. The third-order valence-corrected chi connectivity index (χ3v) is 7.32. The summed E-state index contributed by atoms with van der Waals surface area (Å²) in [6.07, 6.45) is 2.58. The first-order valence-electron chi connectivity index (χ1n) is 13.2. The van der Waals surface area contributed by atoms with E-state index in [0.29, 0.717) is 17.5 Å². The van der Waals surface area contributed by atoms with E-state index in [9.17, 15) is 29.1 Å². The topological polar surface area (TPSA) is 145 Å². The Hall–Kier alpha value is -4.51. The number of aliphatic hydroxyl groups is 1. The normalized spacial score (nSPS) is 27.1. The minimum Gasteiger partial charge on any atom is -0.434 e. The highest BCUT2D eigenvalue weighted by Gasteiger charge is 2.46. The summed E-state index contributed by atoms with van der Waals surface area (Å²) in [5.74, 6) is -2.46. The molecule has 2 aromatic carbocycles. The van der Waals surface area contributed by atoms with Gasteiger partial charge in [-0.15, -0.1) is 0 Å². The Balaban J connectivity index is 1.43. The molecular formula is C29H30N4O7. The third-order valence-electron chi connectivity index (χ3n) is 7.32. The number of amides is 4. The fourth-order valence-electron chi connectivity index (χ4n) is 5.29. The summed E-state index contributed by atoms with van der Waals surface area (Å²) in [7, 11) is 0. The van der Waals surface area contributed by atoms with Crippen molar-refractivity contribution in [3.8, 4) is 0 Å². The Bertz CT molecular complexity index is 1320. The van der Waals surface area contributed by atoms with Gasteiger partial charge in [0.25, 0.3) is 11.8 Å². The number of rotatable bonds is 5. The van der Waals surface area contributed by atoms with E-state index in [4.69, 9.17) is 4.74 Å². The number of fused-ring (bicyclic) bond motifs is 1. The maximum atomic E-state index is 14.0. The monoisotopic (exact) mass is 546 g/mol. The van der Waals surface area contributed by atoms with E-state index in [1.54, 1.807) is 60.7 Å². The number of benzene rings is 2. The lowest BCUT2D eigenvalue weighted by molar-refractivity contribution is -0.156. The zero-order chi connectivity index (χ0) is 28.2. The molecule has 3 aliphatic rings. The molecule has 2 saturated heterocycles. The fourth-order valence-corrected chi connectivity index (χ4v) is 5.29. The highest BCUT2D eigenvalue weighted by atomic mass is 16.6. The zero-order valence-electron chi connectivity index (χ0n) is 21.6. The smallest absolute Gasteiger partial charge is 0.310 e. The van der Waals surface area contributed by atoms with Gasteiger partial charge in [0.1, 0.15) is 18.1 Å². The van der Waals surface area contributed by atoms with E-state index in [-0.39, 0.29) is 31.8 Å². The second kappa shape index (κ2) is 11.7. The van der Waals surface area contributed by atoms with Crippen molar-refractivity contribution in [3.63, 3.8) is 0 Å². The highest BCUT2D eigenvalue weighted by Crippen LogP contribution is 2.25. The number of carbonyl (C=O) groups excluding carboxylic acids is 5. The Morgan fingerprint density at radius 1 is 0.850 bits per heavy atom. The summed E-state index contributed by atoms with van der Waals surface area (Å²) >= 11 is 0. The quantitative estimate of drug-likeness (QED) is 0.368. The molecule has 0 spiro atoms. The number of hydrogen-bond donors (Lipinski definition) is 3. The van der Waals surface area contributed by atoms with Crippen LogP contribution >= 0.6 is 0 Å². The summed E-state index contributed by atoms with van der Waals surface area (Å²) in [5, 5.41) is 15.5. The van der Waals surface area contributed by atoms with Crippen LogP contribution in [-0.4, -0.2) is 88.1 Å². The number of aliphatic hydroxyl groups excluding tert-OH is 1. The van der Waals surface area contributed by atoms with Crippen LogP contribution in [0.5, 0.6) is 0 Å². The molecule has 3 N–H and O–H groups in total. The van der Waals surface area contributed by atoms with Gasteiger partial charge in [-0.25, -0.2) is 0 Å². The lowest BCUT2D eigenvalue weighted by Crippen LogP contribution is -2.68. The molecule has 5 rings (SSSR count). The van der Waals surface area contributed by atoms with E-state index in [0.717, 1.165) is 0 Å². The average molecular weight is 547 g/mol. The lowest BCUT2D eigenvalue weighted by atomic mass is 9.96. The van der Waals surface area contributed by atoms with Crippen LogP contribution in [-0.2, 0) is 19.1 Å². The molecule has 0 bridgehead atoms. The first-order chi connectivity index (χ1) is 19.3. The molecule has 2 unspecified atom stereocenters. The molecule has 4 amide bonds. The molecule has 0 aliphatic carbocycles. The van der Waals surface area contributed by atoms with E-state index < -0.39 is 54.1 Å². The van der Waals surface area contributed by atoms with Crippen molar-refractivity contribution in [2.45, 2.75) is 49.7 Å². The van der Waals surface area contributed by atoms with Crippen molar-refractivity contribution in [1.29, 1.82) is 0 Å². The van der Waals surface area contributed by atoms with Gasteiger partial charge in [-0.1, -0.05) is 48.6 Å². The SMILES string of the molecule is O=C1CC(NC(=O)[C@@H]2CN(C(=O)c3ccccc3)C[C@@H]3C/C=C\C[C@H](NC(=O)c4ccccc4)C(=O)N32)C(O)O1. The molecule has 3 aliphatic heterocycles. The number of nitrogens with zero attached hydrogens (tertiary/aromatic N) is 2. The maximum absolute atomic E-state index is 14.0. The Morgan fingerprint density at radius 2 is 1.50 bits per heavy atom. The van der Waals surface area contributed by atoms with Crippen LogP contribution in [0.1, 0.15) is 40.0 Å². The van der Waals surface area contributed by atoms with E-state index in [1.165, 1.54) is 9.80 Å². The third kappa shape index (κ3) is 5.74. The lowest BCUT2D eigenvalue weighted by Gasteiger charge is -2.47. The van der Waals surface area contributed by atoms with E-state index in [2.05, 4.69) is 10.6 Å².